The van der Waals surface area contributed by atoms with Crippen LogP contribution in [-0.2, 0) is 104 Å². The maximum absolute atomic E-state index is 13.6. The minimum Gasteiger partial charge on any atom is -0.394 e. The third-order valence-corrected chi connectivity index (χ3v) is 22.0. The van der Waals surface area contributed by atoms with Crippen LogP contribution in [0.2, 0.25) is 0 Å². The highest BCUT2D eigenvalue weighted by atomic mass is 16.8. The van der Waals surface area contributed by atoms with Gasteiger partial charge in [-0.2, -0.15) is 0 Å². The lowest BCUT2D eigenvalue weighted by Crippen LogP contribution is -2.72. The van der Waals surface area contributed by atoms with E-state index in [2.05, 4.69) is 16.0 Å². The number of hydrogen-bond donors (Lipinski definition) is 30. The van der Waals surface area contributed by atoms with Crippen molar-refractivity contribution in [3.05, 3.63) is 0 Å². The van der Waals surface area contributed by atoms with Gasteiger partial charge in [0.1, 0.15) is 232 Å². The first-order chi connectivity index (χ1) is 55.8. The van der Waals surface area contributed by atoms with Gasteiger partial charge in [-0.3, -0.25) is 14.4 Å². The van der Waals surface area contributed by atoms with Crippen molar-refractivity contribution in [2.24, 2.45) is 0 Å². The Morgan fingerprint density at radius 3 is 0.881 bits per heavy atom. The molecule has 118 heavy (non-hydrogen) atoms. The van der Waals surface area contributed by atoms with E-state index in [0.29, 0.717) is 0 Å². The maximum Gasteiger partial charge on any atom is 0.217 e. The van der Waals surface area contributed by atoms with Gasteiger partial charge in [-0.15, -0.1) is 0 Å². The van der Waals surface area contributed by atoms with Gasteiger partial charge in [-0.25, -0.2) is 0 Å². The van der Waals surface area contributed by atoms with Gasteiger partial charge in [0.15, 0.2) is 62.9 Å². The Morgan fingerprint density at radius 1 is 0.220 bits per heavy atom. The molecular weight excluding hydrogens is 1620 g/mol. The minimum absolute atomic E-state index is 0.906. The molecule has 52 heteroatoms. The van der Waals surface area contributed by atoms with Gasteiger partial charge in [0.25, 0.3) is 0 Å². The molecule has 0 aliphatic carbocycles. The third kappa shape index (κ3) is 20.6. The average molecular weight is 1730 g/mol. The second-order valence-corrected chi connectivity index (χ2v) is 30.2. The highest BCUT2D eigenvalue weighted by molar-refractivity contribution is 5.74. The van der Waals surface area contributed by atoms with E-state index in [1.807, 2.05) is 0 Å². The van der Waals surface area contributed by atoms with Crippen LogP contribution in [0.5, 0.6) is 0 Å². The quantitative estimate of drug-likeness (QED) is 0.0331. The summed E-state index contributed by atoms with van der Waals surface area (Å²) < 4.78 is 113. The Labute approximate surface area is 668 Å². The maximum atomic E-state index is 13.6. The van der Waals surface area contributed by atoms with Crippen molar-refractivity contribution < 1.29 is 242 Å². The molecule has 0 saturated carbocycles. The number of carbonyl (C=O) groups excluding carboxylic acids is 3. The van der Waals surface area contributed by atoms with Crippen LogP contribution in [0.3, 0.4) is 0 Å². The summed E-state index contributed by atoms with van der Waals surface area (Å²) in [5, 5.41) is 307. The highest BCUT2D eigenvalue weighted by Crippen LogP contribution is 2.42. The second-order valence-electron chi connectivity index (χ2n) is 30.2. The van der Waals surface area contributed by atoms with E-state index >= 15 is 0 Å². The zero-order chi connectivity index (χ0) is 86.8. The van der Waals surface area contributed by atoms with E-state index in [1.165, 1.54) is 13.8 Å². The van der Waals surface area contributed by atoms with E-state index < -0.39 is 377 Å². The molecular formula is C66H111N3O49. The average Bonchev–Trinajstić information content (AvgIpc) is 0.762. The van der Waals surface area contributed by atoms with Crippen LogP contribution in [0, 0.1) is 0 Å². The van der Waals surface area contributed by atoms with Crippen molar-refractivity contribution in [3.8, 4) is 0 Å². The van der Waals surface area contributed by atoms with Crippen LogP contribution >= 0.6 is 0 Å². The van der Waals surface area contributed by atoms with Crippen molar-refractivity contribution >= 4 is 17.7 Å². The normalized spacial score (nSPS) is 51.1. The number of aliphatic hydroxyl groups excluding tert-OH is 27. The molecule has 0 radical (unpaired) electrons. The standard InChI is InChI=1S/C66H111N3O49/c1-14-30(81)38(89)43(94)61(100-14)114-52-29(69-18(5)80)60(117-54-35(86)22(9-73)104-63(46(54)97)110-48-25(12-76)108-58(27(37(48)88)67-16(3)78)115-53-34(85)21(8-72)105-64(45(53)96)111-49-24(11-75)102-57(99)42(93)41(49)92)109-26(13-77)50(52)112-65-47(98)55(36(87)23(10-74)106-65)116-59-28(68-17(4)79)51(33(84)20(7-71)103-59)113-66-56(40(91)32(83)19(6-70)107-66)118-62-44(95)39(90)31(82)15(2)101-62/h14-15,19-66,70-77,81-99H,6-13H2,1-5H3,(H,67,78)(H,68,79)(H,69,80)/t14-,15-,19+,20+,21+,22+,23+,24+,25+,26+,27+,28+,29+,30+,31+,32-,33+,34-,35-,36-,37+,38+,39+,40-,41+,42+,43-,44-,45+,46+,47+,48+,49+,50+,51+,52+,53-,54-,55-,56+,57?,58-,59-,60-,61-,62-,63-,64-,65-,66-/m0/s1. The first kappa shape index (κ1) is 96.8. The Bertz CT molecular complexity index is 3140. The van der Waals surface area contributed by atoms with E-state index in [9.17, 15) is 152 Å². The van der Waals surface area contributed by atoms with E-state index in [0.717, 1.165) is 20.8 Å². The number of ether oxygens (including phenoxy) is 19. The molecule has 30 N–H and O–H groups in total. The van der Waals surface area contributed by atoms with Crippen molar-refractivity contribution in [1.29, 1.82) is 0 Å². The van der Waals surface area contributed by atoms with Gasteiger partial charge >= 0.3 is 0 Å². The number of amides is 3. The molecule has 0 aromatic heterocycles. The number of hydrogen-bond acceptors (Lipinski definition) is 49. The van der Waals surface area contributed by atoms with Gasteiger partial charge in [0, 0.05) is 20.8 Å². The van der Waals surface area contributed by atoms with Crippen LogP contribution in [0.4, 0.5) is 0 Å². The van der Waals surface area contributed by atoms with Crippen molar-refractivity contribution in [3.63, 3.8) is 0 Å². The zero-order valence-corrected chi connectivity index (χ0v) is 63.6. The van der Waals surface area contributed by atoms with E-state index in [1.54, 1.807) is 0 Å². The minimum atomic E-state index is -2.49. The lowest BCUT2D eigenvalue weighted by Gasteiger charge is -2.52. The van der Waals surface area contributed by atoms with Crippen molar-refractivity contribution in [1.82, 2.24) is 16.0 Å². The van der Waals surface area contributed by atoms with Crippen LogP contribution in [0.15, 0.2) is 0 Å². The van der Waals surface area contributed by atoms with Gasteiger partial charge in [0.2, 0.25) is 17.7 Å². The lowest BCUT2D eigenvalue weighted by molar-refractivity contribution is -0.399. The Hall–Kier alpha value is -3.43. The van der Waals surface area contributed by atoms with Crippen LogP contribution < -0.4 is 16.0 Å². The summed E-state index contributed by atoms with van der Waals surface area (Å²) >= 11 is 0. The summed E-state index contributed by atoms with van der Waals surface area (Å²) in [6.45, 7) is -3.77. The van der Waals surface area contributed by atoms with Crippen LogP contribution in [0.1, 0.15) is 34.6 Å². The van der Waals surface area contributed by atoms with Crippen molar-refractivity contribution in [2.75, 3.05) is 52.9 Å². The molecule has 10 rings (SSSR count). The molecule has 52 nitrogen and oxygen atoms in total. The predicted octanol–water partition coefficient (Wildman–Crippen LogP) is -20.3. The lowest BCUT2D eigenvalue weighted by atomic mass is 9.93. The Balaban J connectivity index is 0.923. The number of aliphatic hydroxyl groups is 27. The van der Waals surface area contributed by atoms with Gasteiger partial charge in [-0.1, -0.05) is 0 Å². The Kier molecular flexibility index (Phi) is 34.3. The molecule has 3 amide bonds. The van der Waals surface area contributed by atoms with Crippen LogP contribution in [-0.4, -0.2) is 515 Å². The second kappa shape index (κ2) is 41.8. The highest BCUT2D eigenvalue weighted by Gasteiger charge is 2.63. The summed E-state index contributed by atoms with van der Waals surface area (Å²) in [6.07, 6.45) is -96.2. The van der Waals surface area contributed by atoms with E-state index in [4.69, 9.17) is 90.0 Å². The fourth-order valence-corrected chi connectivity index (χ4v) is 15.5. The summed E-state index contributed by atoms with van der Waals surface area (Å²) in [5.74, 6) is -2.95. The monoisotopic (exact) mass is 1730 g/mol. The molecule has 1 unspecified atom stereocenters. The SMILES string of the molecule is CC(=O)N[C@H]1[C@H](O[C@H]2[C@@H](O)[C@@H](CO)O[C@@H](O[C@H]3[C@H](O)[C@@H](O)C(O)O[C@@H]3CO)[C@@H]2O)O[C@H](CO)[C@@H](O[C@@H]2O[C@H](CO)[C@H](O)[C@H](O[C@@H]3O[C@H](CO)[C@@H](O[C@@H]4O[C@H](CO)[C@H](O)[C@H](O[C@@H]5O[C@H](CO)[C@@H](O)[C@H](O[C@@H]6O[C@H](CO)[C@H](O)[C@H](O)[C@H]6O[C@@H]6O[C@@H](C)[C@@H](O)[C@@H](O)[C@@H]6O)[C@H]5NC(C)=O)[C@H]4O)[C@H](O[C@@H]4O[C@@H](C)[C@@H](O)[C@@H](O)[C@@H]4O)[C@H]3NC(C)=O)[C@H]2O)[C@@H]1O. The molecule has 0 aromatic carbocycles. The summed E-state index contributed by atoms with van der Waals surface area (Å²) in [7, 11) is 0. The molecule has 10 aliphatic heterocycles. The molecule has 0 spiro atoms. The summed E-state index contributed by atoms with van der Waals surface area (Å²) in [5.41, 5.74) is 0. The van der Waals surface area contributed by atoms with Crippen molar-refractivity contribution in [2.45, 2.75) is 341 Å². The fraction of sp³-hybridized carbons (Fsp3) is 0.955. The molecule has 684 valence electrons. The van der Waals surface area contributed by atoms with E-state index in [-0.39, 0.29) is 0 Å². The largest absolute Gasteiger partial charge is 0.394 e. The smallest absolute Gasteiger partial charge is 0.217 e. The molecule has 0 bridgehead atoms. The summed E-state index contributed by atoms with van der Waals surface area (Å²) in [6, 6.07) is -5.97. The topological polar surface area (TPSA) is 809 Å². The third-order valence-electron chi connectivity index (χ3n) is 22.0. The number of carbonyl (C=O) groups is 3. The molecule has 10 fully saturated rings. The molecule has 10 aliphatic rings. The zero-order valence-electron chi connectivity index (χ0n) is 63.6. The molecule has 50 atom stereocenters. The predicted molar refractivity (Wildman–Crippen MR) is 362 cm³/mol. The van der Waals surface area contributed by atoms with Crippen LogP contribution in [0.25, 0.3) is 0 Å². The molecule has 10 heterocycles. The molecule has 10 saturated heterocycles. The number of nitrogens with one attached hydrogen (secondary N) is 3. The number of rotatable bonds is 29. The summed E-state index contributed by atoms with van der Waals surface area (Å²) in [4.78, 5) is 39.8. The first-order valence-electron chi connectivity index (χ1n) is 37.9. The fourth-order valence-electron chi connectivity index (χ4n) is 15.5. The van der Waals surface area contributed by atoms with Gasteiger partial charge in [-0.05, 0) is 13.8 Å². The van der Waals surface area contributed by atoms with Gasteiger partial charge < -0.3 is 244 Å². The van der Waals surface area contributed by atoms with Gasteiger partial charge in [0.05, 0.1) is 65.1 Å². The Morgan fingerprint density at radius 2 is 0.483 bits per heavy atom. The molecule has 0 aromatic rings. The first-order valence-corrected chi connectivity index (χ1v) is 37.9.